The summed E-state index contributed by atoms with van der Waals surface area (Å²) in [6, 6.07) is 12.2. The average Bonchev–Trinajstić information content (AvgIpc) is 2.44. The lowest BCUT2D eigenvalue weighted by atomic mass is 10.2. The van der Waals surface area contributed by atoms with Crippen molar-refractivity contribution in [3.05, 3.63) is 42.5 Å². The van der Waals surface area contributed by atoms with Crippen molar-refractivity contribution in [1.29, 1.82) is 0 Å². The number of benzene rings is 2. The predicted molar refractivity (Wildman–Crippen MR) is 76.1 cm³/mol. The maximum atomic E-state index is 11.6. The summed E-state index contributed by atoms with van der Waals surface area (Å²) in [6.45, 7) is 1.58. The maximum Gasteiger partial charge on any atom is 0.232 e. The highest BCUT2D eigenvalue weighted by Crippen LogP contribution is 2.45. The van der Waals surface area contributed by atoms with Gasteiger partial charge in [0.05, 0.1) is 11.4 Å². The van der Waals surface area contributed by atoms with E-state index in [2.05, 4.69) is 4.72 Å². The van der Waals surface area contributed by atoms with E-state index >= 15 is 0 Å². The second-order valence-electron chi connectivity index (χ2n) is 4.32. The van der Waals surface area contributed by atoms with Crippen LogP contribution in [0.3, 0.4) is 0 Å². The quantitative estimate of drug-likeness (QED) is 0.803. The van der Waals surface area contributed by atoms with E-state index in [1.54, 1.807) is 31.2 Å². The van der Waals surface area contributed by atoms with Crippen molar-refractivity contribution >= 4 is 15.7 Å². The first-order valence-corrected chi connectivity index (χ1v) is 7.82. The molecule has 2 aromatic carbocycles. The molecule has 1 aliphatic heterocycles. The number of rotatable bonds is 3. The van der Waals surface area contributed by atoms with Crippen LogP contribution in [0, 0.1) is 0 Å². The zero-order valence-electron chi connectivity index (χ0n) is 10.8. The highest BCUT2D eigenvalue weighted by Gasteiger charge is 2.19. The molecule has 6 heteroatoms. The van der Waals surface area contributed by atoms with Gasteiger partial charge in [0.1, 0.15) is 0 Å². The van der Waals surface area contributed by atoms with Crippen molar-refractivity contribution in [2.24, 2.45) is 0 Å². The predicted octanol–water partition coefficient (Wildman–Crippen LogP) is 3.35. The molecule has 0 fully saturated rings. The lowest BCUT2D eigenvalue weighted by Gasteiger charge is -2.21. The Kier molecular flexibility index (Phi) is 3.02. The standard InChI is InChI=1S/C14H13NO4S/c1-2-20(16,17)15-10-7-8-13-14(9-10)19-12-6-4-3-5-11(12)18-13/h3-9,15H,2H2,1H3. The van der Waals surface area contributed by atoms with E-state index in [1.807, 2.05) is 18.2 Å². The lowest BCUT2D eigenvalue weighted by molar-refractivity contribution is 0.360. The highest BCUT2D eigenvalue weighted by molar-refractivity contribution is 7.92. The van der Waals surface area contributed by atoms with Crippen LogP contribution in [0.25, 0.3) is 0 Å². The smallest absolute Gasteiger partial charge is 0.232 e. The Morgan fingerprint density at radius 3 is 2.20 bits per heavy atom. The summed E-state index contributed by atoms with van der Waals surface area (Å²) < 4.78 is 37.0. The third kappa shape index (κ3) is 2.42. The molecule has 0 aromatic heterocycles. The number of nitrogens with one attached hydrogen (secondary N) is 1. The molecule has 0 saturated carbocycles. The zero-order chi connectivity index (χ0) is 14.2. The van der Waals surface area contributed by atoms with Crippen LogP contribution in [0.4, 0.5) is 5.69 Å². The van der Waals surface area contributed by atoms with Crippen LogP contribution < -0.4 is 14.2 Å². The van der Waals surface area contributed by atoms with Gasteiger partial charge in [0, 0.05) is 6.07 Å². The van der Waals surface area contributed by atoms with Crippen LogP contribution in [0.1, 0.15) is 6.92 Å². The molecule has 0 spiro atoms. The largest absolute Gasteiger partial charge is 0.450 e. The fraction of sp³-hybridized carbons (Fsp3) is 0.143. The Morgan fingerprint density at radius 2 is 1.55 bits per heavy atom. The van der Waals surface area contributed by atoms with E-state index in [1.165, 1.54) is 0 Å². The van der Waals surface area contributed by atoms with E-state index in [0.29, 0.717) is 28.7 Å². The van der Waals surface area contributed by atoms with Gasteiger partial charge in [-0.2, -0.15) is 0 Å². The normalized spacial score (nSPS) is 12.7. The number of hydrogen-bond acceptors (Lipinski definition) is 4. The first-order chi connectivity index (χ1) is 9.57. The van der Waals surface area contributed by atoms with Crippen molar-refractivity contribution < 1.29 is 17.9 Å². The van der Waals surface area contributed by atoms with Crippen molar-refractivity contribution in [1.82, 2.24) is 0 Å². The number of anilines is 1. The Morgan fingerprint density at radius 1 is 0.950 bits per heavy atom. The third-order valence-corrected chi connectivity index (χ3v) is 4.19. The van der Waals surface area contributed by atoms with Crippen molar-refractivity contribution in [3.63, 3.8) is 0 Å². The van der Waals surface area contributed by atoms with E-state index < -0.39 is 10.0 Å². The molecule has 0 aliphatic carbocycles. The van der Waals surface area contributed by atoms with Gasteiger partial charge < -0.3 is 9.47 Å². The second kappa shape index (κ2) is 4.72. The molecule has 20 heavy (non-hydrogen) atoms. The molecular formula is C14H13NO4S. The molecule has 1 aliphatic rings. The van der Waals surface area contributed by atoms with E-state index in [0.717, 1.165) is 0 Å². The first-order valence-electron chi connectivity index (χ1n) is 6.17. The number of hydrogen-bond donors (Lipinski definition) is 1. The third-order valence-electron chi connectivity index (χ3n) is 2.89. The molecule has 0 atom stereocenters. The number of ether oxygens (including phenoxy) is 2. The minimum absolute atomic E-state index is 0.0181. The van der Waals surface area contributed by atoms with Crippen LogP contribution >= 0.6 is 0 Å². The Balaban J connectivity index is 1.92. The summed E-state index contributed by atoms with van der Waals surface area (Å²) in [5.74, 6) is 2.31. The van der Waals surface area contributed by atoms with Gasteiger partial charge in [-0.15, -0.1) is 0 Å². The van der Waals surface area contributed by atoms with Crippen molar-refractivity contribution in [2.75, 3.05) is 10.5 Å². The zero-order valence-corrected chi connectivity index (χ0v) is 11.6. The first kappa shape index (κ1) is 12.8. The average molecular weight is 291 g/mol. The minimum atomic E-state index is -3.31. The second-order valence-corrected chi connectivity index (χ2v) is 6.33. The topological polar surface area (TPSA) is 64.6 Å². The van der Waals surface area contributed by atoms with Gasteiger partial charge in [0.2, 0.25) is 10.0 Å². The summed E-state index contributed by atoms with van der Waals surface area (Å²) in [4.78, 5) is 0. The molecule has 0 saturated heterocycles. The molecule has 0 bridgehead atoms. The Bertz CT molecular complexity index is 756. The fourth-order valence-electron chi connectivity index (χ4n) is 1.84. The minimum Gasteiger partial charge on any atom is -0.450 e. The van der Waals surface area contributed by atoms with Crippen LogP contribution in [0.5, 0.6) is 23.0 Å². The lowest BCUT2D eigenvalue weighted by Crippen LogP contribution is -2.14. The van der Waals surface area contributed by atoms with Crippen molar-refractivity contribution in [3.8, 4) is 23.0 Å². The van der Waals surface area contributed by atoms with Crippen LogP contribution in [0.15, 0.2) is 42.5 Å². The maximum absolute atomic E-state index is 11.6. The van der Waals surface area contributed by atoms with Crippen molar-refractivity contribution in [2.45, 2.75) is 6.92 Å². The van der Waals surface area contributed by atoms with Crippen LogP contribution in [-0.2, 0) is 10.0 Å². The van der Waals surface area contributed by atoms with Gasteiger partial charge in [-0.3, -0.25) is 4.72 Å². The Labute approximate surface area is 117 Å². The van der Waals surface area contributed by atoms with Gasteiger partial charge in [-0.25, -0.2) is 8.42 Å². The summed E-state index contributed by atoms with van der Waals surface area (Å²) in [5.41, 5.74) is 0.452. The van der Waals surface area contributed by atoms with Gasteiger partial charge in [0.15, 0.2) is 23.0 Å². The summed E-state index contributed by atoms with van der Waals surface area (Å²) >= 11 is 0. The van der Waals surface area contributed by atoms with E-state index in [-0.39, 0.29) is 5.75 Å². The SMILES string of the molecule is CCS(=O)(=O)Nc1ccc2c(c1)Oc1ccccc1O2. The monoisotopic (exact) mass is 291 g/mol. The number of para-hydroxylation sites is 2. The van der Waals surface area contributed by atoms with Gasteiger partial charge >= 0.3 is 0 Å². The summed E-state index contributed by atoms with van der Waals surface area (Å²) in [7, 11) is -3.31. The molecule has 2 aromatic rings. The van der Waals surface area contributed by atoms with Gasteiger partial charge in [-0.1, -0.05) is 12.1 Å². The van der Waals surface area contributed by atoms with E-state index in [9.17, 15) is 8.42 Å². The molecule has 5 nitrogen and oxygen atoms in total. The molecule has 1 N–H and O–H groups in total. The molecule has 0 radical (unpaired) electrons. The van der Waals surface area contributed by atoms with Crippen LogP contribution in [0.2, 0.25) is 0 Å². The molecule has 3 rings (SSSR count). The van der Waals surface area contributed by atoms with E-state index in [4.69, 9.17) is 9.47 Å². The van der Waals surface area contributed by atoms with Gasteiger partial charge in [0.25, 0.3) is 0 Å². The molecule has 104 valence electrons. The fourth-order valence-corrected chi connectivity index (χ4v) is 2.47. The molecule has 1 heterocycles. The van der Waals surface area contributed by atoms with Gasteiger partial charge in [-0.05, 0) is 31.2 Å². The van der Waals surface area contributed by atoms with Crippen LogP contribution in [-0.4, -0.2) is 14.2 Å². The molecule has 0 amide bonds. The summed E-state index contributed by atoms with van der Waals surface area (Å²) in [6.07, 6.45) is 0. The summed E-state index contributed by atoms with van der Waals surface area (Å²) in [5, 5.41) is 0. The number of sulfonamides is 1. The molecular weight excluding hydrogens is 278 g/mol. The highest BCUT2D eigenvalue weighted by atomic mass is 32.2. The number of fused-ring (bicyclic) bond motifs is 2. The Hall–Kier alpha value is -2.21. The molecule has 0 unspecified atom stereocenters.